The highest BCUT2D eigenvalue weighted by atomic mass is 35.5. The summed E-state index contributed by atoms with van der Waals surface area (Å²) in [5, 5.41) is 0.711. The van der Waals surface area contributed by atoms with Crippen LogP contribution in [0, 0.1) is 0 Å². The van der Waals surface area contributed by atoms with E-state index in [4.69, 9.17) is 22.1 Å². The van der Waals surface area contributed by atoms with Gasteiger partial charge in [0.2, 0.25) is 0 Å². The van der Waals surface area contributed by atoms with Gasteiger partial charge in [0.05, 0.1) is 7.11 Å². The van der Waals surface area contributed by atoms with Crippen LogP contribution in [-0.2, 0) is 12.8 Å². The molecular formula is C16H18ClNO. The summed E-state index contributed by atoms with van der Waals surface area (Å²) in [6.45, 7) is 0. The van der Waals surface area contributed by atoms with Gasteiger partial charge in [-0.2, -0.15) is 0 Å². The van der Waals surface area contributed by atoms with E-state index in [1.54, 1.807) is 7.11 Å². The molecule has 2 N–H and O–H groups in total. The average Bonchev–Trinajstić information content (AvgIpc) is 2.42. The fraction of sp³-hybridized carbons (Fsp3) is 0.250. The lowest BCUT2D eigenvalue weighted by atomic mass is 9.99. The number of benzene rings is 2. The monoisotopic (exact) mass is 275 g/mol. The minimum Gasteiger partial charge on any atom is -0.496 e. The molecule has 0 radical (unpaired) electrons. The normalized spacial score (nSPS) is 12.2. The van der Waals surface area contributed by atoms with Gasteiger partial charge in [-0.25, -0.2) is 0 Å². The number of nitrogens with two attached hydrogens (primary N) is 1. The van der Waals surface area contributed by atoms with Gasteiger partial charge in [-0.1, -0.05) is 48.0 Å². The second kappa shape index (κ2) is 6.60. The van der Waals surface area contributed by atoms with Crippen molar-refractivity contribution in [3.05, 3.63) is 64.7 Å². The van der Waals surface area contributed by atoms with Crippen LogP contribution in [-0.4, -0.2) is 13.2 Å². The molecule has 0 aliphatic carbocycles. The Hall–Kier alpha value is -1.51. The Bertz CT molecular complexity index is 528. The number of rotatable bonds is 5. The summed E-state index contributed by atoms with van der Waals surface area (Å²) in [5.74, 6) is 0.802. The summed E-state index contributed by atoms with van der Waals surface area (Å²) in [7, 11) is 1.65. The summed E-state index contributed by atoms with van der Waals surface area (Å²) >= 11 is 6.22. The van der Waals surface area contributed by atoms with Crippen LogP contribution in [0.25, 0.3) is 0 Å². The van der Waals surface area contributed by atoms with Crippen molar-refractivity contribution in [3.8, 4) is 5.75 Å². The molecule has 2 nitrogen and oxygen atoms in total. The molecule has 0 saturated heterocycles. The number of halogens is 1. The molecule has 0 heterocycles. The summed E-state index contributed by atoms with van der Waals surface area (Å²) in [6.07, 6.45) is 1.53. The topological polar surface area (TPSA) is 35.2 Å². The molecule has 0 spiro atoms. The quantitative estimate of drug-likeness (QED) is 0.907. The first kappa shape index (κ1) is 13.9. The second-order valence-corrected chi connectivity index (χ2v) is 4.98. The average molecular weight is 276 g/mol. The third-order valence-electron chi connectivity index (χ3n) is 3.10. The van der Waals surface area contributed by atoms with E-state index in [2.05, 4.69) is 12.1 Å². The lowest BCUT2D eigenvalue weighted by molar-refractivity contribution is 0.408. The fourth-order valence-electron chi connectivity index (χ4n) is 2.18. The van der Waals surface area contributed by atoms with Crippen LogP contribution < -0.4 is 10.5 Å². The molecule has 0 aliphatic heterocycles. The number of methoxy groups -OCH3 is 1. The van der Waals surface area contributed by atoms with Crippen molar-refractivity contribution in [2.24, 2.45) is 5.73 Å². The van der Waals surface area contributed by atoms with Gasteiger partial charge < -0.3 is 10.5 Å². The van der Waals surface area contributed by atoms with Crippen LogP contribution in [0.5, 0.6) is 5.75 Å². The largest absolute Gasteiger partial charge is 0.496 e. The summed E-state index contributed by atoms with van der Waals surface area (Å²) < 4.78 is 5.34. The van der Waals surface area contributed by atoms with E-state index in [-0.39, 0.29) is 6.04 Å². The first-order valence-electron chi connectivity index (χ1n) is 6.31. The lowest BCUT2D eigenvalue weighted by Crippen LogP contribution is -2.25. The van der Waals surface area contributed by atoms with Crippen LogP contribution in [0.2, 0.25) is 5.02 Å². The standard InChI is InChI=1S/C16H18ClNO/c1-19-16-9-5-8-15(17)14(16)11-13(18)10-12-6-3-2-4-7-12/h2-9,13H,10-11,18H2,1H3. The van der Waals surface area contributed by atoms with Crippen LogP contribution in [0.15, 0.2) is 48.5 Å². The SMILES string of the molecule is COc1cccc(Cl)c1CC(N)Cc1ccccc1. The van der Waals surface area contributed by atoms with Crippen molar-refractivity contribution < 1.29 is 4.74 Å². The van der Waals surface area contributed by atoms with E-state index in [1.807, 2.05) is 36.4 Å². The summed E-state index contributed by atoms with van der Waals surface area (Å²) in [5.41, 5.74) is 8.43. The Balaban J connectivity index is 2.09. The van der Waals surface area contributed by atoms with Crippen molar-refractivity contribution >= 4 is 11.6 Å². The Labute approximate surface area is 119 Å². The molecule has 1 unspecified atom stereocenters. The molecule has 100 valence electrons. The maximum atomic E-state index is 6.22. The van der Waals surface area contributed by atoms with Crippen molar-refractivity contribution in [1.82, 2.24) is 0 Å². The van der Waals surface area contributed by atoms with Crippen LogP contribution >= 0.6 is 11.6 Å². The molecule has 2 aromatic rings. The zero-order valence-electron chi connectivity index (χ0n) is 11.0. The maximum absolute atomic E-state index is 6.22. The molecule has 0 fully saturated rings. The van der Waals surface area contributed by atoms with Gasteiger partial charge in [-0.15, -0.1) is 0 Å². The third-order valence-corrected chi connectivity index (χ3v) is 3.46. The highest BCUT2D eigenvalue weighted by Gasteiger charge is 2.12. The minimum atomic E-state index is 0.0243. The predicted octanol–water partition coefficient (Wildman–Crippen LogP) is 3.46. The number of hydrogen-bond donors (Lipinski definition) is 1. The zero-order valence-corrected chi connectivity index (χ0v) is 11.7. The molecule has 0 amide bonds. The molecule has 0 aliphatic rings. The lowest BCUT2D eigenvalue weighted by Gasteiger charge is -2.15. The minimum absolute atomic E-state index is 0.0243. The van der Waals surface area contributed by atoms with Crippen molar-refractivity contribution in [3.63, 3.8) is 0 Å². The number of ether oxygens (including phenoxy) is 1. The molecule has 1 atom stereocenters. The third kappa shape index (κ3) is 3.72. The molecule has 2 rings (SSSR count). The predicted molar refractivity (Wildman–Crippen MR) is 79.8 cm³/mol. The molecule has 0 aromatic heterocycles. The molecule has 0 bridgehead atoms. The van der Waals surface area contributed by atoms with Gasteiger partial charge >= 0.3 is 0 Å². The van der Waals surface area contributed by atoms with Gasteiger partial charge in [0.1, 0.15) is 5.75 Å². The molecule has 3 heteroatoms. The highest BCUT2D eigenvalue weighted by molar-refractivity contribution is 6.31. The fourth-order valence-corrected chi connectivity index (χ4v) is 2.42. The molecule has 2 aromatic carbocycles. The van der Waals surface area contributed by atoms with Gasteiger partial charge in [0.25, 0.3) is 0 Å². The van der Waals surface area contributed by atoms with Gasteiger partial charge in [0.15, 0.2) is 0 Å². The van der Waals surface area contributed by atoms with Gasteiger partial charge in [-0.05, 0) is 30.5 Å². The first-order chi connectivity index (χ1) is 9.20. The van der Waals surface area contributed by atoms with E-state index in [9.17, 15) is 0 Å². The Morgan fingerprint density at radius 3 is 2.47 bits per heavy atom. The van der Waals surface area contributed by atoms with Crippen LogP contribution in [0.1, 0.15) is 11.1 Å². The Kier molecular flexibility index (Phi) is 4.83. The van der Waals surface area contributed by atoms with E-state index >= 15 is 0 Å². The van der Waals surface area contributed by atoms with Crippen molar-refractivity contribution in [1.29, 1.82) is 0 Å². The van der Waals surface area contributed by atoms with E-state index < -0.39 is 0 Å². The molecule has 19 heavy (non-hydrogen) atoms. The Morgan fingerprint density at radius 1 is 1.05 bits per heavy atom. The smallest absolute Gasteiger partial charge is 0.123 e. The highest BCUT2D eigenvalue weighted by Crippen LogP contribution is 2.27. The summed E-state index contributed by atoms with van der Waals surface area (Å²) in [4.78, 5) is 0. The first-order valence-corrected chi connectivity index (χ1v) is 6.69. The molecule has 0 saturated carbocycles. The number of hydrogen-bond acceptors (Lipinski definition) is 2. The van der Waals surface area contributed by atoms with Gasteiger partial charge in [-0.3, -0.25) is 0 Å². The van der Waals surface area contributed by atoms with Gasteiger partial charge in [0, 0.05) is 16.6 Å². The zero-order chi connectivity index (χ0) is 13.7. The maximum Gasteiger partial charge on any atom is 0.123 e. The van der Waals surface area contributed by atoms with E-state index in [1.165, 1.54) is 5.56 Å². The second-order valence-electron chi connectivity index (χ2n) is 4.57. The summed E-state index contributed by atoms with van der Waals surface area (Å²) in [6, 6.07) is 15.9. The van der Waals surface area contributed by atoms with Crippen molar-refractivity contribution in [2.75, 3.05) is 7.11 Å². The van der Waals surface area contributed by atoms with Crippen LogP contribution in [0.4, 0.5) is 0 Å². The Morgan fingerprint density at radius 2 is 1.79 bits per heavy atom. The van der Waals surface area contributed by atoms with Crippen molar-refractivity contribution in [2.45, 2.75) is 18.9 Å². The molecular weight excluding hydrogens is 258 g/mol. The van der Waals surface area contributed by atoms with Crippen LogP contribution in [0.3, 0.4) is 0 Å². The van der Waals surface area contributed by atoms with E-state index in [0.717, 1.165) is 17.7 Å². The van der Waals surface area contributed by atoms with E-state index in [0.29, 0.717) is 11.4 Å².